The van der Waals surface area contributed by atoms with E-state index in [1.54, 1.807) is 0 Å². The first-order valence-corrected chi connectivity index (χ1v) is 6.71. The highest BCUT2D eigenvalue weighted by atomic mass is 16.5. The van der Waals surface area contributed by atoms with Gasteiger partial charge in [0.15, 0.2) is 0 Å². The van der Waals surface area contributed by atoms with Crippen molar-refractivity contribution in [3.63, 3.8) is 0 Å². The lowest BCUT2D eigenvalue weighted by molar-refractivity contribution is -0.145. The normalized spacial score (nSPS) is 25.9. The molecule has 2 aliphatic heterocycles. The Kier molecular flexibility index (Phi) is 3.44. The Balaban J connectivity index is 1.82. The third-order valence-corrected chi connectivity index (χ3v) is 3.76. The molecule has 1 aromatic carbocycles. The molecule has 2 heterocycles. The molecule has 0 saturated carbocycles. The number of rotatable bonds is 3. The summed E-state index contributed by atoms with van der Waals surface area (Å²) in [5, 5.41) is 4.18. The van der Waals surface area contributed by atoms with Crippen LogP contribution >= 0.6 is 0 Å². The van der Waals surface area contributed by atoms with Crippen molar-refractivity contribution in [1.29, 1.82) is 0 Å². The van der Waals surface area contributed by atoms with Gasteiger partial charge >= 0.3 is 0 Å². The fourth-order valence-corrected chi connectivity index (χ4v) is 2.74. The molecule has 1 fully saturated rings. The number of benzene rings is 1. The summed E-state index contributed by atoms with van der Waals surface area (Å²) in [6.45, 7) is 1.17. The summed E-state index contributed by atoms with van der Waals surface area (Å²) in [7, 11) is 0. The molecule has 4 nitrogen and oxygen atoms in total. The topological polar surface area (TPSA) is 57.5 Å². The number of ketones is 2. The number of ether oxygens (including phenoxy) is 1. The van der Waals surface area contributed by atoms with Crippen molar-refractivity contribution in [2.24, 2.45) is 0 Å². The predicted molar refractivity (Wildman–Crippen MR) is 68.9 cm³/mol. The number of hydrogen-bond acceptors (Lipinski definition) is 3. The lowest BCUT2D eigenvalue weighted by Gasteiger charge is -2.25. The largest absolute Gasteiger partial charge is 0.365 e. The summed E-state index contributed by atoms with van der Waals surface area (Å²) in [4.78, 5) is 24.4. The van der Waals surface area contributed by atoms with Crippen LogP contribution in [0.1, 0.15) is 30.1 Å². The van der Waals surface area contributed by atoms with Crippen LogP contribution in [0.5, 0.6) is 0 Å². The third-order valence-electron chi connectivity index (χ3n) is 3.76. The molecular weight excluding hydrogens is 242 g/mol. The lowest BCUT2D eigenvalue weighted by Crippen LogP contribution is -2.37. The van der Waals surface area contributed by atoms with Crippen LogP contribution < -0.4 is 5.32 Å². The van der Waals surface area contributed by atoms with Crippen molar-refractivity contribution >= 4 is 11.6 Å². The Labute approximate surface area is 112 Å². The minimum Gasteiger partial charge on any atom is -0.365 e. The van der Waals surface area contributed by atoms with Gasteiger partial charge < -0.3 is 4.74 Å². The number of Topliss-reactive ketones (excluding diaryl/α,β-unsaturated/α-hetero) is 2. The number of carbonyl (C=O) groups is 2. The highest BCUT2D eigenvalue weighted by Gasteiger charge is 2.36. The van der Waals surface area contributed by atoms with E-state index >= 15 is 0 Å². The molecule has 19 heavy (non-hydrogen) atoms. The van der Waals surface area contributed by atoms with Crippen molar-refractivity contribution in [3.8, 4) is 0 Å². The summed E-state index contributed by atoms with van der Waals surface area (Å²) in [6, 6.07) is 7.24. The maximum atomic E-state index is 12.3. The van der Waals surface area contributed by atoms with Gasteiger partial charge in [0.05, 0.1) is 12.6 Å². The monoisotopic (exact) mass is 258 g/mol. The summed E-state index contributed by atoms with van der Waals surface area (Å²) in [5.74, 6) is -0.831. The van der Waals surface area contributed by atoms with Gasteiger partial charge in [-0.25, -0.2) is 5.32 Å². The average Bonchev–Trinajstić information content (AvgIpc) is 2.99. The van der Waals surface area contributed by atoms with Gasteiger partial charge in [0.25, 0.3) is 0 Å². The smallest absolute Gasteiger partial charge is 0.233 e. The van der Waals surface area contributed by atoms with Gasteiger partial charge in [0.2, 0.25) is 11.6 Å². The molecule has 2 aliphatic rings. The van der Waals surface area contributed by atoms with E-state index in [9.17, 15) is 9.59 Å². The Hall–Kier alpha value is -1.52. The van der Waals surface area contributed by atoms with Gasteiger partial charge in [-0.3, -0.25) is 9.59 Å². The van der Waals surface area contributed by atoms with E-state index in [-0.39, 0.29) is 5.78 Å². The molecule has 1 saturated heterocycles. The van der Waals surface area contributed by atoms with Crippen LogP contribution in [-0.2, 0) is 20.7 Å². The van der Waals surface area contributed by atoms with Crippen molar-refractivity contribution in [3.05, 3.63) is 35.4 Å². The molecule has 0 aliphatic carbocycles. The van der Waals surface area contributed by atoms with Crippen LogP contribution in [0.2, 0.25) is 0 Å². The summed E-state index contributed by atoms with van der Waals surface area (Å²) >= 11 is 0. The number of hydrogen-bond donors (Lipinski definition) is 0. The quantitative estimate of drug-likeness (QED) is 0.766. The average molecular weight is 258 g/mol. The second-order valence-corrected chi connectivity index (χ2v) is 4.99. The van der Waals surface area contributed by atoms with Crippen molar-refractivity contribution in [2.45, 2.75) is 31.4 Å². The van der Waals surface area contributed by atoms with Gasteiger partial charge in [-0.1, -0.05) is 24.3 Å². The molecule has 2 atom stereocenters. The van der Waals surface area contributed by atoms with Crippen molar-refractivity contribution < 1.29 is 14.3 Å². The Morgan fingerprint density at radius 3 is 2.84 bits per heavy atom. The van der Waals surface area contributed by atoms with E-state index in [2.05, 4.69) is 5.32 Å². The molecule has 0 amide bonds. The van der Waals surface area contributed by atoms with Gasteiger partial charge in [-0.2, -0.15) is 0 Å². The molecule has 1 unspecified atom stereocenters. The number of nitrogens with zero attached hydrogens (tertiary/aromatic N) is 1. The fraction of sp³-hybridized carbons (Fsp3) is 0.467. The highest BCUT2D eigenvalue weighted by molar-refractivity contribution is 6.40. The van der Waals surface area contributed by atoms with E-state index < -0.39 is 17.9 Å². The SMILES string of the molecule is O=C(C(=O)[C@@H]1CCC[N]1)C1OCCc2ccccc21. The minimum atomic E-state index is -0.728. The van der Waals surface area contributed by atoms with Gasteiger partial charge in [0.1, 0.15) is 6.10 Å². The second kappa shape index (κ2) is 5.23. The molecule has 1 radical (unpaired) electrons. The van der Waals surface area contributed by atoms with Crippen LogP contribution in [0.15, 0.2) is 24.3 Å². The molecule has 1 aromatic rings. The standard InChI is InChI=1S/C15H16NO3/c17-13(12-6-3-8-16-12)14(18)15-11-5-2-1-4-10(11)7-9-19-15/h1-2,4-5,12,15H,3,6-9H2/t12-,15?/m0/s1. The maximum absolute atomic E-state index is 12.3. The molecular formula is C15H16NO3. The van der Waals surface area contributed by atoms with E-state index in [1.165, 1.54) is 0 Å². The Morgan fingerprint density at radius 1 is 1.21 bits per heavy atom. The van der Waals surface area contributed by atoms with Crippen molar-refractivity contribution in [2.75, 3.05) is 13.2 Å². The van der Waals surface area contributed by atoms with Crippen molar-refractivity contribution in [1.82, 2.24) is 5.32 Å². The summed E-state index contributed by atoms with van der Waals surface area (Å²) in [6.07, 6.45) is 1.65. The number of fused-ring (bicyclic) bond motifs is 1. The second-order valence-electron chi connectivity index (χ2n) is 4.99. The van der Waals surface area contributed by atoms with Crippen LogP contribution in [0.4, 0.5) is 0 Å². The van der Waals surface area contributed by atoms with Crippen LogP contribution in [0.25, 0.3) is 0 Å². The van der Waals surface area contributed by atoms with E-state index in [0.717, 1.165) is 24.0 Å². The maximum Gasteiger partial charge on any atom is 0.233 e. The summed E-state index contributed by atoms with van der Waals surface area (Å²) < 4.78 is 5.53. The molecule has 4 heteroatoms. The summed E-state index contributed by atoms with van der Waals surface area (Å²) in [5.41, 5.74) is 1.94. The molecule has 0 N–H and O–H groups in total. The van der Waals surface area contributed by atoms with Crippen LogP contribution in [0, 0.1) is 0 Å². The molecule has 0 spiro atoms. The van der Waals surface area contributed by atoms with Gasteiger partial charge in [-0.15, -0.1) is 0 Å². The lowest BCUT2D eigenvalue weighted by atomic mass is 9.92. The highest BCUT2D eigenvalue weighted by Crippen LogP contribution is 2.28. The van der Waals surface area contributed by atoms with E-state index in [4.69, 9.17) is 4.74 Å². The van der Waals surface area contributed by atoms with Gasteiger partial charge in [-0.05, 0) is 30.4 Å². The molecule has 0 aromatic heterocycles. The first kappa shape index (κ1) is 12.5. The van der Waals surface area contributed by atoms with E-state index in [0.29, 0.717) is 19.6 Å². The minimum absolute atomic E-state index is 0.390. The molecule has 0 bridgehead atoms. The number of carbonyl (C=O) groups excluding carboxylic acids is 2. The first-order chi connectivity index (χ1) is 9.27. The third kappa shape index (κ3) is 2.33. The molecule has 99 valence electrons. The zero-order valence-corrected chi connectivity index (χ0v) is 10.7. The zero-order chi connectivity index (χ0) is 13.2. The van der Waals surface area contributed by atoms with E-state index in [1.807, 2.05) is 24.3 Å². The van der Waals surface area contributed by atoms with Gasteiger partial charge in [0, 0.05) is 6.54 Å². The van der Waals surface area contributed by atoms with Crippen LogP contribution in [0.3, 0.4) is 0 Å². The molecule has 3 rings (SSSR count). The van der Waals surface area contributed by atoms with Crippen LogP contribution in [-0.4, -0.2) is 30.8 Å². The first-order valence-electron chi connectivity index (χ1n) is 6.71. The Morgan fingerprint density at radius 2 is 2.05 bits per heavy atom. The Bertz CT molecular complexity index is 506. The fourth-order valence-electron chi connectivity index (χ4n) is 2.74. The predicted octanol–water partition coefficient (Wildman–Crippen LogP) is 1.21. The zero-order valence-electron chi connectivity index (χ0n) is 10.7.